The molecule has 100 valence electrons. The number of nitrogens with one attached hydrogen (secondary N) is 1. The molecule has 0 aromatic carbocycles. The van der Waals surface area contributed by atoms with Crippen molar-refractivity contribution >= 4 is 0 Å². The normalized spacial score (nSPS) is 19.9. The number of hydrogen-bond acceptors (Lipinski definition) is 3. The van der Waals surface area contributed by atoms with Crippen LogP contribution in [0.25, 0.3) is 0 Å². The van der Waals surface area contributed by atoms with Gasteiger partial charge in [-0.2, -0.15) is 0 Å². The molecule has 0 bridgehead atoms. The molecule has 3 nitrogen and oxygen atoms in total. The fraction of sp³-hybridized carbons (Fsp3) is 0.643. The van der Waals surface area contributed by atoms with E-state index in [2.05, 4.69) is 22.1 Å². The van der Waals surface area contributed by atoms with Crippen LogP contribution in [-0.2, 0) is 0 Å². The minimum Gasteiger partial charge on any atom is -0.311 e. The van der Waals surface area contributed by atoms with Crippen LogP contribution in [0.3, 0.4) is 0 Å². The Balaban J connectivity index is 2.00. The molecular weight excluding hydrogens is 229 g/mol. The number of rotatable bonds is 5. The molecule has 1 aromatic heterocycles. The van der Waals surface area contributed by atoms with Crippen molar-refractivity contribution in [3.05, 3.63) is 29.8 Å². The molecule has 0 radical (unpaired) electrons. The van der Waals surface area contributed by atoms with Crippen LogP contribution in [0.15, 0.2) is 18.3 Å². The lowest BCUT2D eigenvalue weighted by atomic mass is 9.98. The molecule has 1 N–H and O–H groups in total. The largest absolute Gasteiger partial charge is 0.311 e. The lowest BCUT2D eigenvalue weighted by molar-refractivity contribution is 0.250. The second kappa shape index (κ2) is 6.25. The van der Waals surface area contributed by atoms with E-state index < -0.39 is 0 Å². The van der Waals surface area contributed by atoms with Crippen molar-refractivity contribution in [3.8, 4) is 0 Å². The van der Waals surface area contributed by atoms with Crippen LogP contribution in [0.2, 0.25) is 0 Å². The van der Waals surface area contributed by atoms with Gasteiger partial charge in [-0.15, -0.1) is 0 Å². The second-order valence-electron chi connectivity index (χ2n) is 5.15. The van der Waals surface area contributed by atoms with Crippen LogP contribution >= 0.6 is 0 Å². The fourth-order valence-electron chi connectivity index (χ4n) is 2.77. The van der Waals surface area contributed by atoms with Gasteiger partial charge in [0.25, 0.3) is 0 Å². The molecule has 1 fully saturated rings. The molecule has 18 heavy (non-hydrogen) atoms. The topological polar surface area (TPSA) is 28.2 Å². The highest BCUT2D eigenvalue weighted by atomic mass is 19.1. The summed E-state index contributed by atoms with van der Waals surface area (Å²) in [4.78, 5) is 6.69. The Hall–Kier alpha value is -1.00. The minimum atomic E-state index is -0.277. The number of halogens is 1. The van der Waals surface area contributed by atoms with Crippen molar-refractivity contribution in [1.82, 2.24) is 15.2 Å². The summed E-state index contributed by atoms with van der Waals surface area (Å²) in [5, 5.41) is 3.30. The second-order valence-corrected chi connectivity index (χ2v) is 5.15. The first-order valence-corrected chi connectivity index (χ1v) is 6.72. The Morgan fingerprint density at radius 3 is 2.67 bits per heavy atom. The van der Waals surface area contributed by atoms with Gasteiger partial charge >= 0.3 is 0 Å². The fourth-order valence-corrected chi connectivity index (χ4v) is 2.77. The molecule has 1 saturated heterocycles. The Bertz CT molecular complexity index is 360. The molecule has 2 atom stereocenters. The van der Waals surface area contributed by atoms with E-state index in [1.165, 1.54) is 38.2 Å². The summed E-state index contributed by atoms with van der Waals surface area (Å²) in [5.74, 6) is 0.187. The van der Waals surface area contributed by atoms with Crippen molar-refractivity contribution in [2.45, 2.75) is 25.8 Å². The minimum absolute atomic E-state index is 0.186. The lowest BCUT2D eigenvalue weighted by Gasteiger charge is -2.27. The van der Waals surface area contributed by atoms with E-state index in [4.69, 9.17) is 0 Å². The highest BCUT2D eigenvalue weighted by molar-refractivity contribution is 5.10. The van der Waals surface area contributed by atoms with Crippen molar-refractivity contribution in [3.63, 3.8) is 0 Å². The molecule has 1 aromatic rings. The van der Waals surface area contributed by atoms with Gasteiger partial charge in [0.15, 0.2) is 0 Å². The van der Waals surface area contributed by atoms with Gasteiger partial charge in [-0.1, -0.05) is 6.92 Å². The molecule has 2 rings (SSSR count). The van der Waals surface area contributed by atoms with Crippen molar-refractivity contribution in [1.29, 1.82) is 0 Å². The Kier molecular flexibility index (Phi) is 4.66. The van der Waals surface area contributed by atoms with Crippen molar-refractivity contribution in [2.75, 3.05) is 26.7 Å². The zero-order valence-corrected chi connectivity index (χ0v) is 11.2. The van der Waals surface area contributed by atoms with Crippen LogP contribution in [0.5, 0.6) is 0 Å². The van der Waals surface area contributed by atoms with E-state index in [1.54, 1.807) is 6.07 Å². The first kappa shape index (κ1) is 13.4. The third kappa shape index (κ3) is 3.27. The lowest BCUT2D eigenvalue weighted by Crippen LogP contribution is -2.33. The predicted molar refractivity (Wildman–Crippen MR) is 70.8 cm³/mol. The zero-order chi connectivity index (χ0) is 13.0. The third-order valence-corrected chi connectivity index (χ3v) is 3.69. The molecule has 0 aliphatic carbocycles. The molecule has 0 saturated carbocycles. The quantitative estimate of drug-likeness (QED) is 0.869. The first-order chi connectivity index (χ1) is 8.70. The molecule has 0 amide bonds. The standard InChI is InChI=1S/C14H22FN3/c1-11(10-18-7-3-4-8-18)14(16-2)13-6-5-12(15)9-17-13/h5-6,9,11,14,16H,3-4,7-8,10H2,1-2H3. The predicted octanol–water partition coefficient (Wildman–Crippen LogP) is 2.21. The average molecular weight is 251 g/mol. The molecule has 2 heterocycles. The van der Waals surface area contributed by atoms with Gasteiger partial charge in [-0.25, -0.2) is 4.39 Å². The highest BCUT2D eigenvalue weighted by Crippen LogP contribution is 2.22. The number of hydrogen-bond donors (Lipinski definition) is 1. The number of likely N-dealkylation sites (tertiary alicyclic amines) is 1. The summed E-state index contributed by atoms with van der Waals surface area (Å²) >= 11 is 0. The molecular formula is C14H22FN3. The highest BCUT2D eigenvalue weighted by Gasteiger charge is 2.22. The van der Waals surface area contributed by atoms with Crippen molar-refractivity contribution < 1.29 is 4.39 Å². The van der Waals surface area contributed by atoms with Crippen LogP contribution in [0, 0.1) is 11.7 Å². The molecule has 2 unspecified atom stereocenters. The van der Waals surface area contributed by atoms with Crippen LogP contribution in [0.4, 0.5) is 4.39 Å². The SMILES string of the molecule is CNC(c1ccc(F)cn1)C(C)CN1CCCC1. The summed E-state index contributed by atoms with van der Waals surface area (Å²) in [5.41, 5.74) is 0.922. The van der Waals surface area contributed by atoms with E-state index in [0.29, 0.717) is 5.92 Å². The van der Waals surface area contributed by atoms with Gasteiger partial charge in [-0.05, 0) is 51.0 Å². The summed E-state index contributed by atoms with van der Waals surface area (Å²) in [7, 11) is 1.94. The summed E-state index contributed by atoms with van der Waals surface area (Å²) in [6, 6.07) is 3.44. The Morgan fingerprint density at radius 1 is 1.39 bits per heavy atom. The van der Waals surface area contributed by atoms with Gasteiger partial charge in [-0.3, -0.25) is 4.98 Å². The van der Waals surface area contributed by atoms with Crippen LogP contribution in [0.1, 0.15) is 31.5 Å². The maximum Gasteiger partial charge on any atom is 0.141 e. The Labute approximate surface area is 108 Å². The smallest absolute Gasteiger partial charge is 0.141 e. The number of aromatic nitrogens is 1. The van der Waals surface area contributed by atoms with Gasteiger partial charge in [0.2, 0.25) is 0 Å². The summed E-state index contributed by atoms with van der Waals surface area (Å²) in [6.07, 6.45) is 3.92. The van der Waals surface area contributed by atoms with Gasteiger partial charge in [0.05, 0.1) is 17.9 Å². The van der Waals surface area contributed by atoms with Crippen LogP contribution < -0.4 is 5.32 Å². The number of nitrogens with zero attached hydrogens (tertiary/aromatic N) is 2. The van der Waals surface area contributed by atoms with E-state index >= 15 is 0 Å². The van der Waals surface area contributed by atoms with Crippen LogP contribution in [-0.4, -0.2) is 36.6 Å². The van der Waals surface area contributed by atoms with Gasteiger partial charge in [0.1, 0.15) is 5.82 Å². The maximum absolute atomic E-state index is 12.9. The maximum atomic E-state index is 12.9. The van der Waals surface area contributed by atoms with Crippen molar-refractivity contribution in [2.24, 2.45) is 5.92 Å². The third-order valence-electron chi connectivity index (χ3n) is 3.69. The summed E-state index contributed by atoms with van der Waals surface area (Å²) < 4.78 is 12.9. The Morgan fingerprint density at radius 2 is 2.11 bits per heavy atom. The monoisotopic (exact) mass is 251 g/mol. The van der Waals surface area contributed by atoms with E-state index in [9.17, 15) is 4.39 Å². The summed E-state index contributed by atoms with van der Waals surface area (Å²) in [6.45, 7) is 5.71. The van der Waals surface area contributed by atoms with E-state index in [1.807, 2.05) is 7.05 Å². The molecule has 1 aliphatic rings. The van der Waals surface area contributed by atoms with Gasteiger partial charge in [0, 0.05) is 6.54 Å². The first-order valence-electron chi connectivity index (χ1n) is 6.72. The number of pyridine rings is 1. The molecule has 4 heteroatoms. The van der Waals surface area contributed by atoms with Gasteiger partial charge < -0.3 is 10.2 Å². The molecule has 1 aliphatic heterocycles. The van der Waals surface area contributed by atoms with E-state index in [-0.39, 0.29) is 11.9 Å². The average Bonchev–Trinajstić information content (AvgIpc) is 2.85. The zero-order valence-electron chi connectivity index (χ0n) is 11.2. The van der Waals surface area contributed by atoms with E-state index in [0.717, 1.165) is 12.2 Å². The molecule has 0 spiro atoms.